The molecule has 1 aliphatic heterocycles. The fourth-order valence-corrected chi connectivity index (χ4v) is 2.93. The van der Waals surface area contributed by atoms with Crippen molar-refractivity contribution in [3.63, 3.8) is 0 Å². The maximum Gasteiger partial charge on any atom is 0.128 e. The average molecular weight is 342 g/mol. The molecule has 2 aromatic rings. The maximum absolute atomic E-state index is 13.8. The van der Waals surface area contributed by atoms with Crippen LogP contribution in [0.1, 0.15) is 22.1 Å². The molecule has 2 aromatic carbocycles. The van der Waals surface area contributed by atoms with Crippen molar-refractivity contribution in [1.29, 1.82) is 0 Å². The molecule has 0 amide bonds. The molecule has 98 valence electrons. The van der Waals surface area contributed by atoms with Crippen LogP contribution in [-0.4, -0.2) is 6.61 Å². The smallest absolute Gasteiger partial charge is 0.128 e. The van der Waals surface area contributed by atoms with E-state index in [2.05, 4.69) is 15.9 Å². The predicted molar refractivity (Wildman–Crippen MR) is 77.4 cm³/mol. The summed E-state index contributed by atoms with van der Waals surface area (Å²) in [5.41, 5.74) is 2.51. The predicted octanol–water partition coefficient (Wildman–Crippen LogP) is 4.85. The molecule has 1 heterocycles. The second kappa shape index (κ2) is 5.14. The molecule has 19 heavy (non-hydrogen) atoms. The number of benzene rings is 2. The van der Waals surface area contributed by atoms with E-state index >= 15 is 0 Å². The van der Waals surface area contributed by atoms with Gasteiger partial charge in [0.05, 0.1) is 12.0 Å². The van der Waals surface area contributed by atoms with Gasteiger partial charge in [-0.1, -0.05) is 28.1 Å². The fraction of sp³-hybridized carbons (Fsp3) is 0.200. The molecule has 4 heteroatoms. The number of rotatable bonds is 2. The van der Waals surface area contributed by atoms with Crippen molar-refractivity contribution in [3.8, 4) is 5.75 Å². The molecule has 0 spiro atoms. The molecule has 0 fully saturated rings. The first-order chi connectivity index (χ1) is 9.15. The van der Waals surface area contributed by atoms with Gasteiger partial charge >= 0.3 is 0 Å². The van der Waals surface area contributed by atoms with Crippen LogP contribution in [0, 0.1) is 5.82 Å². The van der Waals surface area contributed by atoms with Gasteiger partial charge in [-0.15, -0.1) is 11.6 Å². The highest BCUT2D eigenvalue weighted by molar-refractivity contribution is 9.10. The number of hydrogen-bond acceptors (Lipinski definition) is 1. The van der Waals surface area contributed by atoms with E-state index < -0.39 is 5.38 Å². The number of fused-ring (bicyclic) bond motifs is 1. The van der Waals surface area contributed by atoms with Crippen molar-refractivity contribution < 1.29 is 9.13 Å². The third-order valence-corrected chi connectivity index (χ3v) is 4.22. The van der Waals surface area contributed by atoms with Crippen LogP contribution in [0.4, 0.5) is 4.39 Å². The van der Waals surface area contributed by atoms with Crippen molar-refractivity contribution in [1.82, 2.24) is 0 Å². The molecule has 1 aliphatic rings. The lowest BCUT2D eigenvalue weighted by molar-refractivity contribution is 0.357. The van der Waals surface area contributed by atoms with Gasteiger partial charge in [0.1, 0.15) is 11.6 Å². The molecule has 1 atom stereocenters. The van der Waals surface area contributed by atoms with E-state index in [1.807, 2.05) is 18.2 Å². The van der Waals surface area contributed by atoms with Crippen LogP contribution in [0.25, 0.3) is 0 Å². The second-order valence-electron chi connectivity index (χ2n) is 4.49. The lowest BCUT2D eigenvalue weighted by Crippen LogP contribution is -1.98. The Morgan fingerprint density at radius 3 is 2.89 bits per heavy atom. The molecule has 0 aliphatic carbocycles. The minimum atomic E-state index is -0.497. The van der Waals surface area contributed by atoms with Crippen molar-refractivity contribution in [3.05, 3.63) is 63.4 Å². The van der Waals surface area contributed by atoms with Gasteiger partial charge in [-0.25, -0.2) is 4.39 Å². The number of ether oxygens (including phenoxy) is 1. The zero-order valence-electron chi connectivity index (χ0n) is 10.00. The van der Waals surface area contributed by atoms with E-state index in [1.165, 1.54) is 6.07 Å². The summed E-state index contributed by atoms with van der Waals surface area (Å²) in [4.78, 5) is 0. The Labute approximate surface area is 124 Å². The highest BCUT2D eigenvalue weighted by Gasteiger charge is 2.19. The van der Waals surface area contributed by atoms with Crippen LogP contribution < -0.4 is 4.74 Å². The van der Waals surface area contributed by atoms with Gasteiger partial charge in [0, 0.05) is 16.5 Å². The summed E-state index contributed by atoms with van der Waals surface area (Å²) in [6.45, 7) is 0.705. The van der Waals surface area contributed by atoms with Gasteiger partial charge < -0.3 is 4.74 Å². The standard InChI is InChI=1S/C15H11BrClFO/c16-11-2-3-13(18)12(8-11)15(17)10-1-4-14-9(7-10)5-6-19-14/h1-4,7-8,15H,5-6H2. The van der Waals surface area contributed by atoms with E-state index in [0.29, 0.717) is 12.2 Å². The lowest BCUT2D eigenvalue weighted by Gasteiger charge is -2.13. The molecule has 0 aromatic heterocycles. The summed E-state index contributed by atoms with van der Waals surface area (Å²) in [6.07, 6.45) is 0.883. The van der Waals surface area contributed by atoms with E-state index in [4.69, 9.17) is 16.3 Å². The first-order valence-corrected chi connectivity index (χ1v) is 7.23. The van der Waals surface area contributed by atoms with E-state index in [-0.39, 0.29) is 5.82 Å². The van der Waals surface area contributed by atoms with Gasteiger partial charge in [-0.3, -0.25) is 0 Å². The summed E-state index contributed by atoms with van der Waals surface area (Å²) in [6, 6.07) is 10.6. The minimum Gasteiger partial charge on any atom is -0.493 e. The van der Waals surface area contributed by atoms with Crippen molar-refractivity contribution in [2.45, 2.75) is 11.8 Å². The van der Waals surface area contributed by atoms with E-state index in [0.717, 1.165) is 27.8 Å². The largest absolute Gasteiger partial charge is 0.493 e. The van der Waals surface area contributed by atoms with Crippen LogP contribution in [0.15, 0.2) is 40.9 Å². The third-order valence-electron chi connectivity index (χ3n) is 3.24. The summed E-state index contributed by atoms with van der Waals surface area (Å²) < 4.78 is 20.1. The number of hydrogen-bond donors (Lipinski definition) is 0. The first kappa shape index (κ1) is 12.9. The maximum atomic E-state index is 13.8. The Morgan fingerprint density at radius 2 is 2.05 bits per heavy atom. The quantitative estimate of drug-likeness (QED) is 0.709. The molecule has 3 rings (SSSR count). The lowest BCUT2D eigenvalue weighted by atomic mass is 10.0. The summed E-state index contributed by atoms with van der Waals surface area (Å²) >= 11 is 9.75. The van der Waals surface area contributed by atoms with Gasteiger partial charge in [0.25, 0.3) is 0 Å². The third kappa shape index (κ3) is 2.49. The normalized spacial score (nSPS) is 14.9. The fourth-order valence-electron chi connectivity index (χ4n) is 2.25. The van der Waals surface area contributed by atoms with Crippen LogP contribution in [0.2, 0.25) is 0 Å². The van der Waals surface area contributed by atoms with Crippen molar-refractivity contribution >= 4 is 27.5 Å². The van der Waals surface area contributed by atoms with E-state index in [9.17, 15) is 4.39 Å². The average Bonchev–Trinajstić information content (AvgIpc) is 2.88. The van der Waals surface area contributed by atoms with Gasteiger partial charge in [-0.2, -0.15) is 0 Å². The SMILES string of the molecule is Fc1ccc(Br)cc1C(Cl)c1ccc2c(c1)CCO2. The monoisotopic (exact) mass is 340 g/mol. The zero-order valence-corrected chi connectivity index (χ0v) is 12.3. The minimum absolute atomic E-state index is 0.292. The number of alkyl halides is 1. The van der Waals surface area contributed by atoms with Crippen LogP contribution in [0.5, 0.6) is 5.75 Å². The molecule has 1 unspecified atom stereocenters. The van der Waals surface area contributed by atoms with Gasteiger partial charge in [0.2, 0.25) is 0 Å². The van der Waals surface area contributed by atoms with Crippen LogP contribution in [-0.2, 0) is 6.42 Å². The Balaban J connectivity index is 1.99. The second-order valence-corrected chi connectivity index (χ2v) is 5.85. The number of halogens is 3. The first-order valence-electron chi connectivity index (χ1n) is 6.00. The Bertz CT molecular complexity index is 630. The van der Waals surface area contributed by atoms with Gasteiger partial charge in [-0.05, 0) is 35.4 Å². The zero-order chi connectivity index (χ0) is 13.4. The molecule has 0 saturated carbocycles. The van der Waals surface area contributed by atoms with Gasteiger partial charge in [0.15, 0.2) is 0 Å². The highest BCUT2D eigenvalue weighted by Crippen LogP contribution is 2.35. The van der Waals surface area contributed by atoms with Crippen LogP contribution >= 0.6 is 27.5 Å². The van der Waals surface area contributed by atoms with Crippen molar-refractivity contribution in [2.24, 2.45) is 0 Å². The van der Waals surface area contributed by atoms with E-state index in [1.54, 1.807) is 12.1 Å². The summed E-state index contributed by atoms with van der Waals surface area (Å²) in [5, 5.41) is -0.497. The highest BCUT2D eigenvalue weighted by atomic mass is 79.9. The molecular formula is C15H11BrClFO. The molecule has 0 bridgehead atoms. The summed E-state index contributed by atoms with van der Waals surface area (Å²) in [5.74, 6) is 0.613. The molecule has 1 nitrogen and oxygen atoms in total. The Hall–Kier alpha value is -1.06. The molecular weight excluding hydrogens is 331 g/mol. The Kier molecular flexibility index (Phi) is 3.50. The molecule has 0 N–H and O–H groups in total. The topological polar surface area (TPSA) is 9.23 Å². The Morgan fingerprint density at radius 1 is 1.21 bits per heavy atom. The molecule has 0 radical (unpaired) electrons. The van der Waals surface area contributed by atoms with Crippen LogP contribution in [0.3, 0.4) is 0 Å². The molecule has 0 saturated heterocycles. The van der Waals surface area contributed by atoms with Crippen molar-refractivity contribution in [2.75, 3.05) is 6.61 Å². The summed E-state index contributed by atoms with van der Waals surface area (Å²) in [7, 11) is 0.